The molecule has 1 rings (SSSR count). The molecule has 1 unspecified atom stereocenters. The Morgan fingerprint density at radius 3 is 2.77 bits per heavy atom. The maximum atomic E-state index is 9.76. The molecule has 1 atom stereocenters. The Labute approximate surface area is 91.1 Å². The van der Waals surface area contributed by atoms with Crippen LogP contribution in [0.15, 0.2) is 15.9 Å². The van der Waals surface area contributed by atoms with Crippen molar-refractivity contribution < 1.29 is 5.11 Å². The smallest absolute Gasteiger partial charge is 0.102 e. The molecule has 1 heterocycles. The van der Waals surface area contributed by atoms with Gasteiger partial charge in [0.2, 0.25) is 0 Å². The van der Waals surface area contributed by atoms with Crippen molar-refractivity contribution in [2.45, 2.75) is 26.0 Å². The number of rotatable bonds is 4. The van der Waals surface area contributed by atoms with Crippen molar-refractivity contribution in [3.63, 3.8) is 0 Å². The van der Waals surface area contributed by atoms with Gasteiger partial charge in [-0.15, -0.1) is 11.3 Å². The van der Waals surface area contributed by atoms with Crippen LogP contribution in [0.25, 0.3) is 0 Å². The summed E-state index contributed by atoms with van der Waals surface area (Å²) in [5.41, 5.74) is 0. The maximum Gasteiger partial charge on any atom is 0.102 e. The van der Waals surface area contributed by atoms with Crippen molar-refractivity contribution in [2.75, 3.05) is 6.54 Å². The highest BCUT2D eigenvalue weighted by atomic mass is 79.9. The average Bonchev–Trinajstić information content (AvgIpc) is 2.47. The minimum atomic E-state index is -0.406. The Morgan fingerprint density at radius 2 is 2.31 bits per heavy atom. The van der Waals surface area contributed by atoms with E-state index >= 15 is 0 Å². The molecule has 1 aromatic heterocycles. The molecule has 0 aliphatic rings. The Hall–Kier alpha value is 0.100. The van der Waals surface area contributed by atoms with Crippen LogP contribution in [0.2, 0.25) is 0 Å². The lowest BCUT2D eigenvalue weighted by Crippen LogP contribution is -2.27. The third kappa shape index (κ3) is 3.38. The topological polar surface area (TPSA) is 32.3 Å². The van der Waals surface area contributed by atoms with Crippen molar-refractivity contribution in [1.29, 1.82) is 0 Å². The van der Waals surface area contributed by atoms with Crippen molar-refractivity contribution in [1.82, 2.24) is 5.32 Å². The average molecular weight is 264 g/mol. The molecule has 74 valence electrons. The van der Waals surface area contributed by atoms with Crippen LogP contribution in [0.5, 0.6) is 0 Å². The van der Waals surface area contributed by atoms with Crippen molar-refractivity contribution in [3.05, 3.63) is 20.8 Å². The molecule has 0 radical (unpaired) electrons. The van der Waals surface area contributed by atoms with Gasteiger partial charge in [0.05, 0.1) is 0 Å². The highest BCUT2D eigenvalue weighted by Gasteiger charge is 2.12. The summed E-state index contributed by atoms with van der Waals surface area (Å²) < 4.78 is 0.996. The Balaban J connectivity index is 2.49. The lowest BCUT2D eigenvalue weighted by Gasteiger charge is -2.13. The van der Waals surface area contributed by atoms with Gasteiger partial charge in [-0.2, -0.15) is 0 Å². The Morgan fingerprint density at radius 1 is 1.62 bits per heavy atom. The monoisotopic (exact) mass is 263 g/mol. The molecule has 0 aliphatic heterocycles. The standard InChI is InChI=1S/C9H14BrNOS/c1-6(2)11-5-8(12)9-7(10)3-4-13-9/h3-4,6,8,11-12H,5H2,1-2H3. The quantitative estimate of drug-likeness (QED) is 0.876. The lowest BCUT2D eigenvalue weighted by atomic mass is 10.2. The van der Waals surface area contributed by atoms with Gasteiger partial charge in [-0.05, 0) is 27.4 Å². The van der Waals surface area contributed by atoms with E-state index in [4.69, 9.17) is 0 Å². The summed E-state index contributed by atoms with van der Waals surface area (Å²) in [4.78, 5) is 0.994. The first-order chi connectivity index (χ1) is 6.11. The summed E-state index contributed by atoms with van der Waals surface area (Å²) in [7, 11) is 0. The number of hydrogen-bond acceptors (Lipinski definition) is 3. The summed E-state index contributed by atoms with van der Waals surface area (Å²) in [6.07, 6.45) is -0.406. The predicted octanol–water partition coefficient (Wildman–Crippen LogP) is 2.54. The van der Waals surface area contributed by atoms with E-state index < -0.39 is 6.10 Å². The van der Waals surface area contributed by atoms with Crippen molar-refractivity contribution >= 4 is 27.3 Å². The van der Waals surface area contributed by atoms with Gasteiger partial charge in [0.1, 0.15) is 6.10 Å². The van der Waals surface area contributed by atoms with Crippen molar-refractivity contribution in [3.8, 4) is 0 Å². The molecule has 2 nitrogen and oxygen atoms in total. The normalized spacial score (nSPS) is 13.6. The minimum absolute atomic E-state index is 0.406. The first kappa shape index (κ1) is 11.2. The molecule has 4 heteroatoms. The number of aliphatic hydroxyl groups excluding tert-OH is 1. The summed E-state index contributed by atoms with van der Waals surface area (Å²) >= 11 is 4.97. The van der Waals surface area contributed by atoms with Crippen LogP contribution in [-0.2, 0) is 0 Å². The van der Waals surface area contributed by atoms with Gasteiger partial charge in [-0.25, -0.2) is 0 Å². The molecular formula is C9H14BrNOS. The third-order valence-electron chi connectivity index (χ3n) is 1.67. The fourth-order valence-electron chi connectivity index (χ4n) is 0.983. The lowest BCUT2D eigenvalue weighted by molar-refractivity contribution is 0.174. The van der Waals surface area contributed by atoms with Crippen LogP contribution in [0.3, 0.4) is 0 Å². The zero-order valence-corrected chi connectivity index (χ0v) is 10.2. The van der Waals surface area contributed by atoms with E-state index in [-0.39, 0.29) is 0 Å². The second kappa shape index (κ2) is 5.10. The first-order valence-corrected chi connectivity index (χ1v) is 5.93. The van der Waals surface area contributed by atoms with Crippen LogP contribution in [0.1, 0.15) is 24.8 Å². The van der Waals surface area contributed by atoms with Crippen molar-refractivity contribution in [2.24, 2.45) is 0 Å². The van der Waals surface area contributed by atoms with E-state index in [0.717, 1.165) is 9.35 Å². The molecule has 0 fully saturated rings. The Bertz CT molecular complexity index is 262. The first-order valence-electron chi connectivity index (χ1n) is 4.25. The second-order valence-electron chi connectivity index (χ2n) is 3.21. The van der Waals surface area contributed by atoms with E-state index in [9.17, 15) is 5.11 Å². The number of thiophene rings is 1. The molecule has 0 aliphatic carbocycles. The zero-order chi connectivity index (χ0) is 9.84. The van der Waals surface area contributed by atoms with Crippen LogP contribution in [0.4, 0.5) is 0 Å². The molecule has 13 heavy (non-hydrogen) atoms. The summed E-state index contributed by atoms with van der Waals surface area (Å²) in [6, 6.07) is 2.37. The highest BCUT2D eigenvalue weighted by molar-refractivity contribution is 9.10. The van der Waals surface area contributed by atoms with Gasteiger partial charge in [-0.1, -0.05) is 13.8 Å². The van der Waals surface area contributed by atoms with E-state index in [1.165, 1.54) is 0 Å². The molecule has 1 aromatic rings. The van der Waals surface area contributed by atoms with Gasteiger partial charge in [0.25, 0.3) is 0 Å². The van der Waals surface area contributed by atoms with E-state index in [1.807, 2.05) is 11.4 Å². The Kier molecular flexibility index (Phi) is 4.38. The number of halogens is 1. The van der Waals surface area contributed by atoms with Gasteiger partial charge in [-0.3, -0.25) is 0 Å². The largest absolute Gasteiger partial charge is 0.386 e. The number of nitrogens with one attached hydrogen (secondary N) is 1. The fraction of sp³-hybridized carbons (Fsp3) is 0.556. The van der Waals surface area contributed by atoms with Gasteiger partial charge in [0, 0.05) is 21.9 Å². The predicted molar refractivity (Wildman–Crippen MR) is 60.1 cm³/mol. The van der Waals surface area contributed by atoms with E-state index in [0.29, 0.717) is 12.6 Å². The fourth-order valence-corrected chi connectivity index (χ4v) is 2.61. The molecular weight excluding hydrogens is 250 g/mol. The van der Waals surface area contributed by atoms with E-state index in [1.54, 1.807) is 11.3 Å². The van der Waals surface area contributed by atoms with Gasteiger partial charge < -0.3 is 10.4 Å². The summed E-state index contributed by atoms with van der Waals surface area (Å²) in [5, 5.41) is 14.9. The third-order valence-corrected chi connectivity index (χ3v) is 3.64. The molecule has 0 amide bonds. The van der Waals surface area contributed by atoms with Crippen LogP contribution >= 0.6 is 27.3 Å². The molecule has 0 aromatic carbocycles. The van der Waals surface area contributed by atoms with E-state index in [2.05, 4.69) is 35.1 Å². The molecule has 0 saturated carbocycles. The second-order valence-corrected chi connectivity index (χ2v) is 5.01. The van der Waals surface area contributed by atoms with Crippen LogP contribution in [-0.4, -0.2) is 17.7 Å². The molecule has 0 saturated heterocycles. The SMILES string of the molecule is CC(C)NCC(O)c1sccc1Br. The van der Waals surface area contributed by atoms with Crippen LogP contribution in [0, 0.1) is 0 Å². The van der Waals surface area contributed by atoms with Gasteiger partial charge in [0.15, 0.2) is 0 Å². The maximum absolute atomic E-state index is 9.76. The molecule has 0 spiro atoms. The minimum Gasteiger partial charge on any atom is -0.386 e. The molecule has 0 bridgehead atoms. The van der Waals surface area contributed by atoms with Crippen LogP contribution < -0.4 is 5.32 Å². The summed E-state index contributed by atoms with van der Waals surface area (Å²) in [5.74, 6) is 0. The highest BCUT2D eigenvalue weighted by Crippen LogP contribution is 2.28. The number of aliphatic hydroxyl groups is 1. The summed E-state index contributed by atoms with van der Waals surface area (Å²) in [6.45, 7) is 4.74. The zero-order valence-electron chi connectivity index (χ0n) is 7.75. The number of hydrogen-bond donors (Lipinski definition) is 2. The van der Waals surface area contributed by atoms with Gasteiger partial charge >= 0.3 is 0 Å². The molecule has 2 N–H and O–H groups in total.